The molecule has 0 radical (unpaired) electrons. The van der Waals surface area contributed by atoms with E-state index in [4.69, 9.17) is 4.84 Å². The van der Waals surface area contributed by atoms with Gasteiger partial charge in [0.2, 0.25) is 0 Å². The summed E-state index contributed by atoms with van der Waals surface area (Å²) in [5.74, 6) is -0.220. The minimum Gasteiger partial charge on any atom is -0.271 e. The second kappa shape index (κ2) is 5.28. The van der Waals surface area contributed by atoms with Gasteiger partial charge in [0, 0.05) is 10.0 Å². The van der Waals surface area contributed by atoms with Gasteiger partial charge in [0.15, 0.2) is 0 Å². The van der Waals surface area contributed by atoms with Crippen LogP contribution >= 0.6 is 15.9 Å². The van der Waals surface area contributed by atoms with Crippen LogP contribution < -0.4 is 5.48 Å². The number of hydroxylamine groups is 1. The zero-order valence-corrected chi connectivity index (χ0v) is 10.6. The number of halogens is 1. The zero-order chi connectivity index (χ0) is 11.4. The summed E-state index contributed by atoms with van der Waals surface area (Å²) in [5.41, 5.74) is 3.93. The van der Waals surface area contributed by atoms with Crippen molar-refractivity contribution in [2.24, 2.45) is 0 Å². The van der Waals surface area contributed by atoms with E-state index in [0.717, 1.165) is 10.0 Å². The Labute approximate surface area is 97.9 Å². The van der Waals surface area contributed by atoms with Crippen LogP contribution in [-0.4, -0.2) is 12.0 Å². The fourth-order valence-corrected chi connectivity index (χ4v) is 1.45. The van der Waals surface area contributed by atoms with Crippen LogP contribution in [0.15, 0.2) is 22.7 Å². The maximum absolute atomic E-state index is 11.7. The monoisotopic (exact) mass is 271 g/mol. The molecule has 1 aromatic rings. The first kappa shape index (κ1) is 12.2. The van der Waals surface area contributed by atoms with Crippen molar-refractivity contribution >= 4 is 21.8 Å². The molecular weight excluding hydrogens is 258 g/mol. The van der Waals surface area contributed by atoms with Gasteiger partial charge >= 0.3 is 0 Å². The normalized spacial score (nSPS) is 10.5. The summed E-state index contributed by atoms with van der Waals surface area (Å²) in [7, 11) is 0. The highest BCUT2D eigenvalue weighted by Crippen LogP contribution is 2.19. The lowest BCUT2D eigenvalue weighted by Gasteiger charge is -2.10. The third-order valence-corrected chi connectivity index (χ3v) is 2.76. The Balaban J connectivity index is 2.78. The van der Waals surface area contributed by atoms with Crippen molar-refractivity contribution in [2.45, 2.75) is 26.9 Å². The predicted molar refractivity (Wildman–Crippen MR) is 62.6 cm³/mol. The van der Waals surface area contributed by atoms with E-state index < -0.39 is 0 Å². The summed E-state index contributed by atoms with van der Waals surface area (Å²) < 4.78 is 0.916. The molecular formula is C11H14BrNO2. The molecule has 4 heteroatoms. The largest absolute Gasteiger partial charge is 0.275 e. The Hall–Kier alpha value is -0.870. The van der Waals surface area contributed by atoms with Gasteiger partial charge in [0.25, 0.3) is 5.91 Å². The minimum absolute atomic E-state index is 0.0265. The van der Waals surface area contributed by atoms with Crippen LogP contribution in [0.5, 0.6) is 0 Å². The van der Waals surface area contributed by atoms with Gasteiger partial charge < -0.3 is 0 Å². The lowest BCUT2D eigenvalue weighted by atomic mass is 10.1. The number of hydrogen-bond donors (Lipinski definition) is 1. The first-order chi connectivity index (χ1) is 7.02. The summed E-state index contributed by atoms with van der Waals surface area (Å²) in [5, 5.41) is 0. The second-order valence-corrected chi connectivity index (χ2v) is 4.36. The first-order valence-electron chi connectivity index (χ1n) is 4.73. The van der Waals surface area contributed by atoms with E-state index in [1.54, 1.807) is 6.07 Å². The molecule has 0 atom stereocenters. The van der Waals surface area contributed by atoms with Crippen molar-refractivity contribution in [1.29, 1.82) is 0 Å². The maximum Gasteiger partial charge on any atom is 0.275 e. The van der Waals surface area contributed by atoms with Crippen LogP contribution in [0.25, 0.3) is 0 Å². The van der Waals surface area contributed by atoms with Gasteiger partial charge in [-0.05, 0) is 38.5 Å². The highest BCUT2D eigenvalue weighted by molar-refractivity contribution is 9.10. The number of carbonyl (C=O) groups excluding carboxylic acids is 1. The molecule has 1 rings (SSSR count). The number of nitrogens with one attached hydrogen (secondary N) is 1. The molecule has 1 N–H and O–H groups in total. The number of carbonyl (C=O) groups is 1. The summed E-state index contributed by atoms with van der Waals surface area (Å²) in [6.45, 7) is 5.59. The van der Waals surface area contributed by atoms with Crippen LogP contribution in [0.4, 0.5) is 0 Å². The van der Waals surface area contributed by atoms with Crippen molar-refractivity contribution < 1.29 is 9.63 Å². The van der Waals surface area contributed by atoms with Crippen LogP contribution in [0.3, 0.4) is 0 Å². The predicted octanol–water partition coefficient (Wildman–Crippen LogP) is 2.83. The highest BCUT2D eigenvalue weighted by Gasteiger charge is 2.10. The first-order valence-corrected chi connectivity index (χ1v) is 5.52. The van der Waals surface area contributed by atoms with Crippen molar-refractivity contribution in [2.75, 3.05) is 0 Å². The summed E-state index contributed by atoms with van der Waals surface area (Å²) in [6, 6.07) is 5.48. The molecule has 1 aromatic carbocycles. The van der Waals surface area contributed by atoms with Gasteiger partial charge in [0.05, 0.1) is 6.10 Å². The average Bonchev–Trinajstić information content (AvgIpc) is 2.18. The smallest absolute Gasteiger partial charge is 0.271 e. The molecule has 0 saturated carbocycles. The molecule has 0 aliphatic carbocycles. The lowest BCUT2D eigenvalue weighted by Crippen LogP contribution is -2.27. The fraction of sp³-hybridized carbons (Fsp3) is 0.364. The molecule has 1 amide bonds. The Morgan fingerprint density at radius 1 is 1.47 bits per heavy atom. The topological polar surface area (TPSA) is 38.3 Å². The van der Waals surface area contributed by atoms with Gasteiger partial charge in [-0.3, -0.25) is 9.63 Å². The summed E-state index contributed by atoms with van der Waals surface area (Å²) in [4.78, 5) is 16.7. The molecule has 82 valence electrons. The van der Waals surface area contributed by atoms with Crippen molar-refractivity contribution in [3.05, 3.63) is 33.8 Å². The third-order valence-electron chi connectivity index (χ3n) is 1.90. The average molecular weight is 272 g/mol. The molecule has 0 aromatic heterocycles. The molecule has 0 unspecified atom stereocenters. The Morgan fingerprint density at radius 3 is 2.73 bits per heavy atom. The van der Waals surface area contributed by atoms with Crippen LogP contribution in [0.2, 0.25) is 0 Å². The molecule has 0 spiro atoms. The highest BCUT2D eigenvalue weighted by atomic mass is 79.9. The second-order valence-electron chi connectivity index (χ2n) is 3.51. The number of hydrogen-bond acceptors (Lipinski definition) is 2. The Morgan fingerprint density at radius 2 is 2.13 bits per heavy atom. The van der Waals surface area contributed by atoms with Crippen LogP contribution in [0.1, 0.15) is 29.8 Å². The number of rotatable bonds is 3. The molecule has 0 saturated heterocycles. The quantitative estimate of drug-likeness (QED) is 0.859. The molecule has 0 fully saturated rings. The Bertz CT molecular complexity index is 364. The van der Waals surface area contributed by atoms with Gasteiger partial charge in [-0.25, -0.2) is 5.48 Å². The number of amides is 1. The standard InChI is InChI=1S/C11H14BrNO2/c1-7(2)15-13-11(14)9-5-4-6-10(12)8(9)3/h4-7H,1-3H3,(H,13,14). The maximum atomic E-state index is 11.7. The van der Waals surface area contributed by atoms with E-state index in [9.17, 15) is 4.79 Å². The van der Waals surface area contributed by atoms with Gasteiger partial charge in [-0.15, -0.1) is 0 Å². The van der Waals surface area contributed by atoms with E-state index in [-0.39, 0.29) is 12.0 Å². The molecule has 0 heterocycles. The van der Waals surface area contributed by atoms with Crippen molar-refractivity contribution in [3.63, 3.8) is 0 Å². The van der Waals surface area contributed by atoms with Crippen LogP contribution in [-0.2, 0) is 4.84 Å². The SMILES string of the molecule is Cc1c(Br)cccc1C(=O)NOC(C)C. The minimum atomic E-state index is -0.220. The van der Waals surface area contributed by atoms with Gasteiger partial charge in [-0.2, -0.15) is 0 Å². The molecule has 15 heavy (non-hydrogen) atoms. The zero-order valence-electron chi connectivity index (χ0n) is 9.00. The summed E-state index contributed by atoms with van der Waals surface area (Å²) >= 11 is 3.37. The fourth-order valence-electron chi connectivity index (χ4n) is 1.08. The van der Waals surface area contributed by atoms with Crippen LogP contribution in [0, 0.1) is 6.92 Å². The molecule has 0 aliphatic heterocycles. The Kier molecular flexibility index (Phi) is 4.29. The summed E-state index contributed by atoms with van der Waals surface area (Å²) in [6.07, 6.45) is -0.0265. The van der Waals surface area contributed by atoms with Crippen molar-refractivity contribution in [3.8, 4) is 0 Å². The van der Waals surface area contributed by atoms with Crippen molar-refractivity contribution in [1.82, 2.24) is 5.48 Å². The van der Waals surface area contributed by atoms with Gasteiger partial charge in [0.1, 0.15) is 0 Å². The lowest BCUT2D eigenvalue weighted by molar-refractivity contribution is 0.000141. The molecule has 3 nitrogen and oxygen atoms in total. The van der Waals surface area contributed by atoms with E-state index in [2.05, 4.69) is 21.4 Å². The van der Waals surface area contributed by atoms with E-state index in [1.807, 2.05) is 32.9 Å². The molecule has 0 bridgehead atoms. The van der Waals surface area contributed by atoms with E-state index in [1.165, 1.54) is 0 Å². The third kappa shape index (κ3) is 3.32. The number of benzene rings is 1. The van der Waals surface area contributed by atoms with Gasteiger partial charge in [-0.1, -0.05) is 22.0 Å². The molecule has 0 aliphatic rings. The van der Waals surface area contributed by atoms with E-state index >= 15 is 0 Å². The van der Waals surface area contributed by atoms with E-state index in [0.29, 0.717) is 5.56 Å².